The topological polar surface area (TPSA) is 162 Å². The molecule has 1 aliphatic heterocycles. The highest BCUT2D eigenvalue weighted by atomic mass is 32.2. The van der Waals surface area contributed by atoms with Gasteiger partial charge >= 0.3 is 11.9 Å². The average Bonchev–Trinajstić information content (AvgIpc) is 3.54. The Morgan fingerprint density at radius 2 is 1.73 bits per heavy atom. The summed E-state index contributed by atoms with van der Waals surface area (Å²) in [7, 11) is -3.48. The number of anilines is 2. The Balaban J connectivity index is 1.60. The largest absolute Gasteiger partial charge is 0.478 e. The van der Waals surface area contributed by atoms with Crippen LogP contribution in [0.25, 0.3) is 11.3 Å². The van der Waals surface area contributed by atoms with Crippen LogP contribution < -0.4 is 14.9 Å². The number of pyridine rings is 1. The predicted octanol–water partition coefficient (Wildman–Crippen LogP) is 4.60. The molecule has 1 aliphatic rings. The van der Waals surface area contributed by atoms with Crippen LogP contribution in [0.15, 0.2) is 77.3 Å². The van der Waals surface area contributed by atoms with E-state index in [1.165, 1.54) is 12.1 Å². The normalized spacial score (nSPS) is 16.8. The number of aromatic nitrogens is 1. The summed E-state index contributed by atoms with van der Waals surface area (Å²) in [6, 6.07) is 16.8. The van der Waals surface area contributed by atoms with Crippen molar-refractivity contribution in [3.63, 3.8) is 0 Å². The number of benzene rings is 2. The van der Waals surface area contributed by atoms with Crippen LogP contribution in [0.5, 0.6) is 0 Å². The number of nitrogens with zero attached hydrogens (tertiary/aromatic N) is 2. The first-order valence-corrected chi connectivity index (χ1v) is 14.5. The Kier molecular flexibility index (Phi) is 7.24. The van der Waals surface area contributed by atoms with Crippen LogP contribution >= 0.6 is 12.2 Å². The monoisotopic (exact) mass is 592 g/mol. The summed E-state index contributed by atoms with van der Waals surface area (Å²) in [5.41, 5.74) is 2.37. The number of carbonyl (C=O) groups is 2. The molecule has 2 aromatic carbocycles. The summed E-state index contributed by atoms with van der Waals surface area (Å²) >= 11 is 5.74. The third kappa shape index (κ3) is 5.76. The lowest BCUT2D eigenvalue weighted by Gasteiger charge is -2.26. The highest BCUT2D eigenvalue weighted by molar-refractivity contribution is 7.92. The van der Waals surface area contributed by atoms with Gasteiger partial charge in [0.05, 0.1) is 34.8 Å². The number of hydrogen-bond donors (Lipinski definition) is 4. The van der Waals surface area contributed by atoms with E-state index in [-0.39, 0.29) is 22.5 Å². The Hall–Kier alpha value is -4.75. The first kappa shape index (κ1) is 27.8. The second-order valence-electron chi connectivity index (χ2n) is 9.48. The number of furan rings is 1. The van der Waals surface area contributed by atoms with Crippen molar-refractivity contribution in [2.75, 3.05) is 15.9 Å². The predicted molar refractivity (Wildman–Crippen MR) is 156 cm³/mol. The highest BCUT2D eigenvalue weighted by Crippen LogP contribution is 2.43. The molecule has 1 fully saturated rings. The average molecular weight is 593 g/mol. The zero-order valence-electron chi connectivity index (χ0n) is 21.7. The molecule has 2 atom stereocenters. The van der Waals surface area contributed by atoms with Crippen molar-refractivity contribution in [3.05, 3.63) is 101 Å². The summed E-state index contributed by atoms with van der Waals surface area (Å²) in [5, 5.41) is 22.7. The smallest absolute Gasteiger partial charge is 0.335 e. The summed E-state index contributed by atoms with van der Waals surface area (Å²) in [4.78, 5) is 29.6. The Bertz CT molecular complexity index is 1760. The summed E-state index contributed by atoms with van der Waals surface area (Å²) in [5.74, 6) is -1.81. The van der Waals surface area contributed by atoms with Gasteiger partial charge < -0.3 is 24.8 Å². The SMILES string of the molecule is Cc1cc(N2C(=S)N[C@@H](c3ccccn3)[C@@H]2c2ccc(-c3cc(C(=O)O)cc(C(=O)O)c3)o2)ccc1NS(C)(=O)=O. The van der Waals surface area contributed by atoms with Gasteiger partial charge in [0.25, 0.3) is 0 Å². The van der Waals surface area contributed by atoms with Crippen molar-refractivity contribution >= 4 is 50.7 Å². The number of carboxylic acid groups (broad SMARTS) is 2. The minimum Gasteiger partial charge on any atom is -0.478 e. The molecule has 5 rings (SSSR count). The summed E-state index contributed by atoms with van der Waals surface area (Å²) in [6.07, 6.45) is 2.74. The number of hydrogen-bond acceptors (Lipinski definition) is 7. The zero-order chi connectivity index (χ0) is 29.5. The number of aryl methyl sites for hydroxylation is 1. The molecule has 41 heavy (non-hydrogen) atoms. The first-order valence-electron chi connectivity index (χ1n) is 12.2. The Labute approximate surface area is 240 Å². The van der Waals surface area contributed by atoms with Crippen LogP contribution in [0.3, 0.4) is 0 Å². The van der Waals surface area contributed by atoms with Crippen molar-refractivity contribution in [1.29, 1.82) is 0 Å². The maximum atomic E-state index is 11.8. The minimum absolute atomic E-state index is 0.187. The van der Waals surface area contributed by atoms with Crippen LogP contribution in [-0.4, -0.2) is 46.9 Å². The number of thiocarbonyl (C=S) groups is 1. The van der Waals surface area contributed by atoms with Gasteiger partial charge in [-0.25, -0.2) is 18.0 Å². The molecule has 210 valence electrons. The van der Waals surface area contributed by atoms with Crippen molar-refractivity contribution in [2.45, 2.75) is 19.0 Å². The first-order chi connectivity index (χ1) is 19.4. The number of nitrogens with one attached hydrogen (secondary N) is 2. The molecule has 11 nitrogen and oxygen atoms in total. The standard InChI is InChI=1S/C28H24N4O7S2/c1-15-11-19(6-7-20(15)31-41(2,37)38)32-25(24(30-28(32)40)21-5-3-4-10-29-21)23-9-8-22(39-23)16-12-17(26(33)34)14-18(13-16)27(35)36/h3-14,24-25,31H,1-2H3,(H,30,40)(H,33,34)(H,35,36)/t24-,25-/m0/s1. The number of rotatable bonds is 8. The fourth-order valence-electron chi connectivity index (χ4n) is 4.72. The van der Waals surface area contributed by atoms with Gasteiger partial charge in [-0.2, -0.15) is 0 Å². The fourth-order valence-corrected chi connectivity index (χ4v) is 5.69. The van der Waals surface area contributed by atoms with Crippen molar-refractivity contribution < 1.29 is 32.6 Å². The van der Waals surface area contributed by atoms with E-state index < -0.39 is 34.0 Å². The van der Waals surface area contributed by atoms with Crippen molar-refractivity contribution in [3.8, 4) is 11.3 Å². The van der Waals surface area contributed by atoms with E-state index in [1.807, 2.05) is 17.0 Å². The number of carboxylic acids is 2. The molecule has 0 amide bonds. The van der Waals surface area contributed by atoms with Gasteiger partial charge in [-0.05, 0) is 85.4 Å². The molecule has 0 spiro atoms. The van der Waals surface area contributed by atoms with Crippen LogP contribution in [0.2, 0.25) is 0 Å². The molecular formula is C28H24N4O7S2. The van der Waals surface area contributed by atoms with E-state index in [9.17, 15) is 28.2 Å². The molecule has 13 heteroatoms. The molecule has 0 bridgehead atoms. The van der Waals surface area contributed by atoms with E-state index in [4.69, 9.17) is 16.6 Å². The molecule has 4 N–H and O–H groups in total. The highest BCUT2D eigenvalue weighted by Gasteiger charge is 2.42. The molecule has 0 radical (unpaired) electrons. The lowest BCUT2D eigenvalue weighted by atomic mass is 10.0. The second kappa shape index (κ2) is 10.7. The molecule has 2 aromatic heterocycles. The van der Waals surface area contributed by atoms with Crippen molar-refractivity contribution in [2.24, 2.45) is 0 Å². The van der Waals surface area contributed by atoms with Crippen LogP contribution in [0, 0.1) is 6.92 Å². The third-order valence-corrected chi connectivity index (χ3v) is 7.42. The van der Waals surface area contributed by atoms with Gasteiger partial charge in [0.15, 0.2) is 5.11 Å². The molecule has 0 unspecified atom stereocenters. The zero-order valence-corrected chi connectivity index (χ0v) is 23.4. The van der Waals surface area contributed by atoms with E-state index in [0.29, 0.717) is 33.5 Å². The van der Waals surface area contributed by atoms with E-state index >= 15 is 0 Å². The van der Waals surface area contributed by atoms with Gasteiger partial charge in [-0.1, -0.05) is 6.07 Å². The van der Waals surface area contributed by atoms with Gasteiger partial charge in [0, 0.05) is 17.4 Å². The molecule has 4 aromatic rings. The van der Waals surface area contributed by atoms with Gasteiger partial charge in [0.1, 0.15) is 17.6 Å². The van der Waals surface area contributed by atoms with E-state index in [0.717, 1.165) is 12.3 Å². The lowest BCUT2D eigenvalue weighted by Crippen LogP contribution is -2.29. The van der Waals surface area contributed by atoms with E-state index in [2.05, 4.69) is 15.0 Å². The van der Waals surface area contributed by atoms with Crippen molar-refractivity contribution in [1.82, 2.24) is 10.3 Å². The Morgan fingerprint density at radius 3 is 2.32 bits per heavy atom. The van der Waals surface area contributed by atoms with Crippen LogP contribution in [-0.2, 0) is 10.0 Å². The summed E-state index contributed by atoms with van der Waals surface area (Å²) in [6.45, 7) is 1.77. The Morgan fingerprint density at radius 1 is 1.02 bits per heavy atom. The quantitative estimate of drug-likeness (QED) is 0.212. The van der Waals surface area contributed by atoms with E-state index in [1.54, 1.807) is 49.5 Å². The second-order valence-corrected chi connectivity index (χ2v) is 11.6. The lowest BCUT2D eigenvalue weighted by molar-refractivity contribution is 0.0696. The summed E-state index contributed by atoms with van der Waals surface area (Å²) < 4.78 is 32.3. The van der Waals surface area contributed by atoms with Crippen LogP contribution in [0.1, 0.15) is 49.8 Å². The number of aromatic carboxylic acids is 2. The molecule has 1 saturated heterocycles. The molecule has 0 aliphatic carbocycles. The fraction of sp³-hybridized carbons (Fsp3) is 0.143. The number of sulfonamides is 1. The van der Waals surface area contributed by atoms with Gasteiger partial charge in [-0.15, -0.1) is 0 Å². The minimum atomic E-state index is -3.48. The maximum absolute atomic E-state index is 11.8. The van der Waals surface area contributed by atoms with Gasteiger partial charge in [-0.3, -0.25) is 9.71 Å². The maximum Gasteiger partial charge on any atom is 0.335 e. The molecule has 0 saturated carbocycles. The van der Waals surface area contributed by atoms with Gasteiger partial charge in [0.2, 0.25) is 10.0 Å². The van der Waals surface area contributed by atoms with Crippen LogP contribution in [0.4, 0.5) is 11.4 Å². The molecule has 3 heterocycles. The molecular weight excluding hydrogens is 568 g/mol. The third-order valence-electron chi connectivity index (χ3n) is 6.51.